The summed E-state index contributed by atoms with van der Waals surface area (Å²) in [5, 5.41) is 0. The molecule has 0 spiro atoms. The highest BCUT2D eigenvalue weighted by Gasteiger charge is 2.35. The SMILES string of the molecule is CC1(C)CC(=O)c2c(N)nc(=O)n(-c3ccccc3)c2C1. The number of nitrogens with zero attached hydrogens (tertiary/aromatic N) is 2. The molecule has 0 bridgehead atoms. The van der Waals surface area contributed by atoms with E-state index in [-0.39, 0.29) is 17.0 Å². The van der Waals surface area contributed by atoms with Gasteiger partial charge in [-0.15, -0.1) is 0 Å². The van der Waals surface area contributed by atoms with Gasteiger partial charge in [-0.05, 0) is 24.0 Å². The number of ketones is 1. The molecule has 1 aliphatic rings. The van der Waals surface area contributed by atoms with Crippen molar-refractivity contribution in [2.75, 3.05) is 5.73 Å². The van der Waals surface area contributed by atoms with Crippen LogP contribution in [-0.2, 0) is 6.42 Å². The first-order valence-electron chi connectivity index (χ1n) is 6.89. The second-order valence-electron chi connectivity index (χ2n) is 6.21. The third-order valence-corrected chi connectivity index (χ3v) is 3.80. The van der Waals surface area contributed by atoms with Crippen LogP contribution in [0.15, 0.2) is 35.1 Å². The molecule has 21 heavy (non-hydrogen) atoms. The third kappa shape index (κ3) is 2.24. The van der Waals surface area contributed by atoms with Crippen LogP contribution in [0.1, 0.15) is 36.3 Å². The van der Waals surface area contributed by atoms with Gasteiger partial charge in [-0.25, -0.2) is 4.79 Å². The average Bonchev–Trinajstić information content (AvgIpc) is 2.37. The average molecular weight is 283 g/mol. The molecule has 1 aliphatic carbocycles. The zero-order valence-corrected chi connectivity index (χ0v) is 12.1. The highest BCUT2D eigenvalue weighted by Crippen LogP contribution is 2.36. The molecule has 3 rings (SSSR count). The number of aromatic nitrogens is 2. The minimum Gasteiger partial charge on any atom is -0.383 e. The lowest BCUT2D eigenvalue weighted by atomic mass is 9.75. The maximum Gasteiger partial charge on any atom is 0.354 e. The van der Waals surface area contributed by atoms with E-state index in [4.69, 9.17) is 5.73 Å². The summed E-state index contributed by atoms with van der Waals surface area (Å²) in [6.45, 7) is 4.04. The Morgan fingerprint density at radius 3 is 2.48 bits per heavy atom. The van der Waals surface area contributed by atoms with Gasteiger partial charge in [0.2, 0.25) is 0 Å². The van der Waals surface area contributed by atoms with Gasteiger partial charge in [0.1, 0.15) is 5.82 Å². The molecule has 1 heterocycles. The van der Waals surface area contributed by atoms with E-state index >= 15 is 0 Å². The standard InChI is InChI=1S/C16H17N3O2/c1-16(2)8-11-13(12(20)9-16)14(17)18-15(21)19(11)10-6-4-3-5-7-10/h3-7H,8-9H2,1-2H3,(H2,17,18,21). The highest BCUT2D eigenvalue weighted by molar-refractivity contribution is 6.02. The molecule has 2 aromatic rings. The van der Waals surface area contributed by atoms with E-state index in [1.807, 2.05) is 44.2 Å². The van der Waals surface area contributed by atoms with Gasteiger partial charge in [-0.1, -0.05) is 32.0 Å². The molecule has 0 saturated carbocycles. The summed E-state index contributed by atoms with van der Waals surface area (Å²) in [7, 11) is 0. The second-order valence-corrected chi connectivity index (χ2v) is 6.21. The van der Waals surface area contributed by atoms with Crippen LogP contribution in [0.4, 0.5) is 5.82 Å². The number of nitrogens with two attached hydrogens (primary N) is 1. The fourth-order valence-corrected chi connectivity index (χ4v) is 2.94. The van der Waals surface area contributed by atoms with Crippen LogP contribution >= 0.6 is 0 Å². The maximum absolute atomic E-state index is 12.4. The largest absolute Gasteiger partial charge is 0.383 e. The van der Waals surface area contributed by atoms with Crippen LogP contribution in [0.2, 0.25) is 0 Å². The Kier molecular flexibility index (Phi) is 2.93. The summed E-state index contributed by atoms with van der Waals surface area (Å²) in [5.41, 5.74) is 6.96. The number of fused-ring (bicyclic) bond motifs is 1. The van der Waals surface area contributed by atoms with Crippen molar-refractivity contribution in [1.29, 1.82) is 0 Å². The first kappa shape index (κ1) is 13.5. The molecule has 0 saturated heterocycles. The number of carbonyl (C=O) groups is 1. The van der Waals surface area contributed by atoms with E-state index in [2.05, 4.69) is 4.98 Å². The van der Waals surface area contributed by atoms with Gasteiger partial charge in [0, 0.05) is 12.1 Å². The molecule has 1 aromatic heterocycles. The lowest BCUT2D eigenvalue weighted by Gasteiger charge is -2.32. The van der Waals surface area contributed by atoms with Crippen LogP contribution in [0.5, 0.6) is 0 Å². The molecule has 1 aromatic carbocycles. The fourth-order valence-electron chi connectivity index (χ4n) is 2.94. The van der Waals surface area contributed by atoms with E-state index in [1.54, 1.807) is 0 Å². The Bertz CT molecular complexity index is 776. The third-order valence-electron chi connectivity index (χ3n) is 3.80. The molecule has 0 aliphatic heterocycles. The minimum absolute atomic E-state index is 0.0441. The number of rotatable bonds is 1. The lowest BCUT2D eigenvalue weighted by Crippen LogP contribution is -2.36. The monoisotopic (exact) mass is 283 g/mol. The second kappa shape index (κ2) is 4.55. The molecule has 0 fully saturated rings. The first-order valence-corrected chi connectivity index (χ1v) is 6.89. The van der Waals surface area contributed by atoms with E-state index in [0.717, 1.165) is 0 Å². The van der Waals surface area contributed by atoms with Gasteiger partial charge in [-0.2, -0.15) is 4.98 Å². The molecular weight excluding hydrogens is 266 g/mol. The number of benzene rings is 1. The minimum atomic E-state index is -0.442. The summed E-state index contributed by atoms with van der Waals surface area (Å²) in [5.74, 6) is -0.00128. The van der Waals surface area contributed by atoms with E-state index in [9.17, 15) is 9.59 Å². The number of carbonyl (C=O) groups excluding carboxylic acids is 1. The molecule has 0 radical (unpaired) electrons. The van der Waals surface area contributed by atoms with Crippen molar-refractivity contribution in [3.8, 4) is 5.69 Å². The number of para-hydroxylation sites is 1. The highest BCUT2D eigenvalue weighted by atomic mass is 16.1. The molecule has 2 N–H and O–H groups in total. The first-order chi connectivity index (χ1) is 9.89. The molecule has 0 unspecified atom stereocenters. The Hall–Kier alpha value is -2.43. The summed E-state index contributed by atoms with van der Waals surface area (Å²) in [6.07, 6.45) is 1.03. The van der Waals surface area contributed by atoms with Crippen LogP contribution in [0, 0.1) is 5.41 Å². The van der Waals surface area contributed by atoms with E-state index in [1.165, 1.54) is 4.57 Å². The Balaban J connectivity index is 2.35. The number of hydrogen-bond donors (Lipinski definition) is 1. The maximum atomic E-state index is 12.4. The van der Waals surface area contributed by atoms with Crippen LogP contribution in [-0.4, -0.2) is 15.3 Å². The van der Waals surface area contributed by atoms with Gasteiger partial charge < -0.3 is 5.73 Å². The number of anilines is 1. The number of hydrogen-bond acceptors (Lipinski definition) is 4. The number of Topliss-reactive ketones (excluding diaryl/α,β-unsaturated/α-hetero) is 1. The van der Waals surface area contributed by atoms with Gasteiger partial charge >= 0.3 is 5.69 Å². The van der Waals surface area contributed by atoms with Gasteiger partial charge in [-0.3, -0.25) is 9.36 Å². The molecule has 5 heteroatoms. The molecule has 0 atom stereocenters. The molecule has 5 nitrogen and oxygen atoms in total. The summed E-state index contributed by atoms with van der Waals surface area (Å²) < 4.78 is 1.50. The lowest BCUT2D eigenvalue weighted by molar-refractivity contribution is 0.0909. The van der Waals surface area contributed by atoms with Crippen LogP contribution < -0.4 is 11.4 Å². The Morgan fingerprint density at radius 1 is 1.14 bits per heavy atom. The number of nitrogen functional groups attached to an aromatic ring is 1. The van der Waals surface area contributed by atoms with Crippen molar-refractivity contribution in [1.82, 2.24) is 9.55 Å². The van der Waals surface area contributed by atoms with E-state index in [0.29, 0.717) is 29.8 Å². The van der Waals surface area contributed by atoms with Crippen LogP contribution in [0.3, 0.4) is 0 Å². The van der Waals surface area contributed by atoms with E-state index < -0.39 is 5.69 Å². The Labute approximate surface area is 122 Å². The van der Waals surface area contributed by atoms with Gasteiger partial charge in [0.15, 0.2) is 5.78 Å². The van der Waals surface area contributed by atoms with Crippen molar-refractivity contribution in [3.63, 3.8) is 0 Å². The molecule has 108 valence electrons. The summed E-state index contributed by atoms with van der Waals surface area (Å²) in [4.78, 5) is 28.5. The topological polar surface area (TPSA) is 78.0 Å². The van der Waals surface area contributed by atoms with Crippen molar-refractivity contribution in [2.45, 2.75) is 26.7 Å². The van der Waals surface area contributed by atoms with Gasteiger partial charge in [0.25, 0.3) is 0 Å². The van der Waals surface area contributed by atoms with Crippen molar-refractivity contribution in [3.05, 3.63) is 52.1 Å². The van der Waals surface area contributed by atoms with Gasteiger partial charge in [0.05, 0.1) is 11.3 Å². The van der Waals surface area contributed by atoms with Crippen molar-refractivity contribution in [2.24, 2.45) is 5.41 Å². The van der Waals surface area contributed by atoms with Crippen molar-refractivity contribution < 1.29 is 4.79 Å². The molecule has 0 amide bonds. The smallest absolute Gasteiger partial charge is 0.354 e. The predicted octanol–water partition coefficient (Wildman–Crippen LogP) is 1.97. The van der Waals surface area contributed by atoms with Crippen molar-refractivity contribution >= 4 is 11.6 Å². The zero-order chi connectivity index (χ0) is 15.2. The summed E-state index contributed by atoms with van der Waals surface area (Å²) in [6, 6.07) is 9.22. The zero-order valence-electron chi connectivity index (χ0n) is 12.1. The quantitative estimate of drug-likeness (QED) is 0.868. The Morgan fingerprint density at radius 2 is 1.81 bits per heavy atom. The summed E-state index contributed by atoms with van der Waals surface area (Å²) >= 11 is 0. The normalized spacial score (nSPS) is 16.6. The van der Waals surface area contributed by atoms with Crippen LogP contribution in [0.25, 0.3) is 5.69 Å². The molecular formula is C16H17N3O2. The fraction of sp³-hybridized carbons (Fsp3) is 0.312. The predicted molar refractivity (Wildman–Crippen MR) is 80.7 cm³/mol.